The van der Waals surface area contributed by atoms with Gasteiger partial charge in [-0.3, -0.25) is 5.41 Å². The van der Waals surface area contributed by atoms with Crippen molar-refractivity contribution in [2.24, 2.45) is 11.3 Å². The van der Waals surface area contributed by atoms with Gasteiger partial charge in [0.2, 0.25) is 0 Å². The predicted molar refractivity (Wildman–Crippen MR) is 50.5 cm³/mol. The minimum Gasteiger partial charge on any atom is -0.481 e. The molecule has 0 aromatic heterocycles. The summed E-state index contributed by atoms with van der Waals surface area (Å²) in [7, 11) is 0. The van der Waals surface area contributed by atoms with Crippen molar-refractivity contribution >= 4 is 5.90 Å². The highest BCUT2D eigenvalue weighted by Crippen LogP contribution is 2.35. The molecule has 1 fully saturated rings. The van der Waals surface area contributed by atoms with E-state index in [9.17, 15) is 0 Å². The van der Waals surface area contributed by atoms with Gasteiger partial charge in [0.15, 0.2) is 5.90 Å². The van der Waals surface area contributed by atoms with E-state index in [2.05, 4.69) is 20.8 Å². The van der Waals surface area contributed by atoms with Crippen molar-refractivity contribution < 1.29 is 4.74 Å². The topological polar surface area (TPSA) is 33.1 Å². The van der Waals surface area contributed by atoms with E-state index in [1.54, 1.807) is 0 Å². The Balaban J connectivity index is 2.61. The highest BCUT2D eigenvalue weighted by molar-refractivity contribution is 5.72. The number of ether oxygens (including phenoxy) is 1. The molecule has 1 unspecified atom stereocenters. The molecule has 1 heterocycles. The number of hydrogen-bond donors (Lipinski definition) is 1. The van der Waals surface area contributed by atoms with Gasteiger partial charge in [0.25, 0.3) is 0 Å². The summed E-state index contributed by atoms with van der Waals surface area (Å²) in [5.74, 6) is 1.11. The SMILES string of the molecule is CC(C)C1(C)CCCC(=N)OC1. The van der Waals surface area contributed by atoms with Crippen molar-refractivity contribution in [2.75, 3.05) is 6.61 Å². The zero-order valence-corrected chi connectivity index (χ0v) is 8.31. The molecule has 70 valence electrons. The summed E-state index contributed by atoms with van der Waals surface area (Å²) in [5, 5.41) is 7.42. The number of nitrogens with one attached hydrogen (secondary N) is 1. The molecule has 0 amide bonds. The molecule has 1 saturated heterocycles. The molecule has 0 bridgehead atoms. The van der Waals surface area contributed by atoms with Gasteiger partial charge in [0, 0.05) is 11.8 Å². The molecule has 1 aliphatic rings. The first-order valence-electron chi connectivity index (χ1n) is 4.75. The Morgan fingerprint density at radius 1 is 1.50 bits per heavy atom. The van der Waals surface area contributed by atoms with E-state index in [0.717, 1.165) is 19.4 Å². The molecule has 2 heteroatoms. The van der Waals surface area contributed by atoms with Gasteiger partial charge in [-0.1, -0.05) is 20.8 Å². The Hall–Kier alpha value is -0.530. The lowest BCUT2D eigenvalue weighted by Crippen LogP contribution is -2.28. The van der Waals surface area contributed by atoms with E-state index in [1.165, 1.54) is 6.42 Å². The first-order chi connectivity index (χ1) is 5.54. The zero-order valence-electron chi connectivity index (χ0n) is 8.31. The lowest BCUT2D eigenvalue weighted by molar-refractivity contribution is 0.103. The van der Waals surface area contributed by atoms with Gasteiger partial charge >= 0.3 is 0 Å². The normalized spacial score (nSPS) is 31.5. The van der Waals surface area contributed by atoms with Crippen molar-refractivity contribution in [3.05, 3.63) is 0 Å². The molecule has 0 spiro atoms. The smallest absolute Gasteiger partial charge is 0.180 e. The van der Waals surface area contributed by atoms with Crippen LogP contribution in [0.2, 0.25) is 0 Å². The van der Waals surface area contributed by atoms with Crippen LogP contribution in [0.5, 0.6) is 0 Å². The van der Waals surface area contributed by atoms with Crippen molar-refractivity contribution in [3.63, 3.8) is 0 Å². The van der Waals surface area contributed by atoms with Gasteiger partial charge < -0.3 is 4.74 Å². The van der Waals surface area contributed by atoms with E-state index in [4.69, 9.17) is 10.1 Å². The fourth-order valence-corrected chi connectivity index (χ4v) is 1.50. The predicted octanol–water partition coefficient (Wildman–Crippen LogP) is 2.83. The maximum Gasteiger partial charge on any atom is 0.180 e. The Morgan fingerprint density at radius 2 is 2.17 bits per heavy atom. The van der Waals surface area contributed by atoms with Crippen LogP contribution in [0, 0.1) is 16.7 Å². The third-order valence-electron chi connectivity index (χ3n) is 3.12. The fraction of sp³-hybridized carbons (Fsp3) is 0.900. The molecule has 0 saturated carbocycles. The molecule has 1 atom stereocenters. The lowest BCUT2D eigenvalue weighted by atomic mass is 9.76. The Kier molecular flexibility index (Phi) is 2.76. The summed E-state index contributed by atoms with van der Waals surface area (Å²) in [6.45, 7) is 7.45. The highest BCUT2D eigenvalue weighted by atomic mass is 16.5. The molecule has 12 heavy (non-hydrogen) atoms. The van der Waals surface area contributed by atoms with Gasteiger partial charge in [-0.15, -0.1) is 0 Å². The standard InChI is InChI=1S/C10H19NO/c1-8(2)10(3)6-4-5-9(11)12-7-10/h8,11H,4-7H2,1-3H3. The average Bonchev–Trinajstić information content (AvgIpc) is 2.15. The largest absolute Gasteiger partial charge is 0.481 e. The van der Waals surface area contributed by atoms with Crippen LogP contribution in [0.15, 0.2) is 0 Å². The summed E-state index contributed by atoms with van der Waals surface area (Å²) in [4.78, 5) is 0. The van der Waals surface area contributed by atoms with Crippen molar-refractivity contribution in [2.45, 2.75) is 40.0 Å². The minimum absolute atomic E-state index is 0.281. The summed E-state index contributed by atoms with van der Waals surface area (Å²) < 4.78 is 5.36. The summed E-state index contributed by atoms with van der Waals surface area (Å²) in [6, 6.07) is 0. The molecule has 0 aliphatic carbocycles. The molecule has 1 rings (SSSR count). The van der Waals surface area contributed by atoms with Gasteiger partial charge in [-0.25, -0.2) is 0 Å². The second-order valence-corrected chi connectivity index (χ2v) is 4.37. The first-order valence-corrected chi connectivity index (χ1v) is 4.75. The average molecular weight is 169 g/mol. The van der Waals surface area contributed by atoms with Crippen LogP contribution >= 0.6 is 0 Å². The van der Waals surface area contributed by atoms with Crippen molar-refractivity contribution in [3.8, 4) is 0 Å². The molecular weight excluding hydrogens is 150 g/mol. The Labute approximate surface area is 74.8 Å². The first kappa shape index (κ1) is 9.56. The summed E-state index contributed by atoms with van der Waals surface area (Å²) in [5.41, 5.74) is 0.281. The molecule has 1 aliphatic heterocycles. The van der Waals surface area contributed by atoms with Crippen LogP contribution in [-0.2, 0) is 4.74 Å². The second-order valence-electron chi connectivity index (χ2n) is 4.37. The van der Waals surface area contributed by atoms with Crippen LogP contribution in [0.1, 0.15) is 40.0 Å². The third kappa shape index (κ3) is 1.99. The second kappa shape index (κ2) is 3.46. The summed E-state index contributed by atoms with van der Waals surface area (Å²) in [6.07, 6.45) is 3.11. The minimum atomic E-state index is 0.281. The van der Waals surface area contributed by atoms with Gasteiger partial charge in [-0.2, -0.15) is 0 Å². The van der Waals surface area contributed by atoms with Gasteiger partial charge in [0.05, 0.1) is 6.61 Å². The van der Waals surface area contributed by atoms with E-state index < -0.39 is 0 Å². The van der Waals surface area contributed by atoms with Crippen molar-refractivity contribution in [1.29, 1.82) is 5.41 Å². The van der Waals surface area contributed by atoms with Crippen LogP contribution in [0.25, 0.3) is 0 Å². The fourth-order valence-electron chi connectivity index (χ4n) is 1.50. The highest BCUT2D eigenvalue weighted by Gasteiger charge is 2.31. The Bertz CT molecular complexity index is 177. The summed E-state index contributed by atoms with van der Waals surface area (Å²) >= 11 is 0. The molecule has 0 aromatic carbocycles. The maximum absolute atomic E-state index is 7.42. The monoisotopic (exact) mass is 169 g/mol. The lowest BCUT2D eigenvalue weighted by Gasteiger charge is -2.31. The van der Waals surface area contributed by atoms with Crippen LogP contribution in [0.3, 0.4) is 0 Å². The van der Waals surface area contributed by atoms with E-state index >= 15 is 0 Å². The molecule has 2 nitrogen and oxygen atoms in total. The number of rotatable bonds is 1. The molecular formula is C10H19NO. The van der Waals surface area contributed by atoms with E-state index in [1.807, 2.05) is 0 Å². The van der Waals surface area contributed by atoms with Crippen LogP contribution in [-0.4, -0.2) is 12.5 Å². The zero-order chi connectivity index (χ0) is 9.19. The third-order valence-corrected chi connectivity index (χ3v) is 3.12. The molecule has 0 radical (unpaired) electrons. The van der Waals surface area contributed by atoms with Crippen molar-refractivity contribution in [1.82, 2.24) is 0 Å². The van der Waals surface area contributed by atoms with Gasteiger partial charge in [0.1, 0.15) is 0 Å². The van der Waals surface area contributed by atoms with E-state index in [0.29, 0.717) is 11.8 Å². The molecule has 1 N–H and O–H groups in total. The Morgan fingerprint density at radius 3 is 2.75 bits per heavy atom. The molecule has 0 aromatic rings. The van der Waals surface area contributed by atoms with Gasteiger partial charge in [-0.05, 0) is 18.8 Å². The quantitative estimate of drug-likeness (QED) is 0.643. The van der Waals surface area contributed by atoms with E-state index in [-0.39, 0.29) is 5.41 Å². The number of hydrogen-bond acceptors (Lipinski definition) is 2. The van der Waals surface area contributed by atoms with Crippen LogP contribution < -0.4 is 0 Å². The van der Waals surface area contributed by atoms with Crippen LogP contribution in [0.4, 0.5) is 0 Å². The maximum atomic E-state index is 7.42.